The molecule has 1 aliphatic rings. The van der Waals surface area contributed by atoms with Gasteiger partial charge < -0.3 is 10.4 Å². The van der Waals surface area contributed by atoms with E-state index in [1.165, 1.54) is 12.0 Å². The number of aliphatic hydroxyl groups excluding tert-OH is 1. The van der Waals surface area contributed by atoms with Crippen LogP contribution >= 0.6 is 0 Å². The van der Waals surface area contributed by atoms with Gasteiger partial charge >= 0.3 is 0 Å². The molecule has 1 aliphatic carbocycles. The summed E-state index contributed by atoms with van der Waals surface area (Å²) in [4.78, 5) is 4.52. The van der Waals surface area contributed by atoms with Crippen LogP contribution in [-0.2, 0) is 0 Å². The lowest BCUT2D eigenvalue weighted by Crippen LogP contribution is -2.37. The van der Waals surface area contributed by atoms with Gasteiger partial charge in [0, 0.05) is 18.8 Å². The van der Waals surface area contributed by atoms with Gasteiger partial charge in [0.1, 0.15) is 0 Å². The van der Waals surface area contributed by atoms with E-state index in [9.17, 15) is 5.11 Å². The fourth-order valence-corrected chi connectivity index (χ4v) is 3.23. The Bertz CT molecular complexity index is 504. The molecule has 1 aromatic carbocycles. The maximum Gasteiger partial charge on any atom is 0.0753 e. The van der Waals surface area contributed by atoms with Gasteiger partial charge in [-0.25, -0.2) is 0 Å². The van der Waals surface area contributed by atoms with Crippen LogP contribution < -0.4 is 5.32 Å². The highest BCUT2D eigenvalue weighted by molar-refractivity contribution is 5.27. The smallest absolute Gasteiger partial charge is 0.0753 e. The third-order valence-electron chi connectivity index (χ3n) is 4.39. The van der Waals surface area contributed by atoms with Crippen molar-refractivity contribution in [3.05, 3.63) is 66.0 Å². The van der Waals surface area contributed by atoms with Crippen molar-refractivity contribution in [2.24, 2.45) is 5.92 Å². The summed E-state index contributed by atoms with van der Waals surface area (Å²) in [5, 5.41) is 13.3. The van der Waals surface area contributed by atoms with Gasteiger partial charge in [-0.05, 0) is 36.5 Å². The molecule has 110 valence electrons. The number of hydrogen-bond acceptors (Lipinski definition) is 3. The van der Waals surface area contributed by atoms with Crippen molar-refractivity contribution in [2.45, 2.75) is 31.3 Å². The summed E-state index contributed by atoms with van der Waals surface area (Å²) in [6.45, 7) is 0.265. The van der Waals surface area contributed by atoms with Crippen LogP contribution in [0, 0.1) is 5.92 Å². The molecule has 21 heavy (non-hydrogen) atoms. The van der Waals surface area contributed by atoms with Gasteiger partial charge in [0.25, 0.3) is 0 Å². The van der Waals surface area contributed by atoms with Crippen LogP contribution in [0.4, 0.5) is 0 Å². The second-order valence-corrected chi connectivity index (χ2v) is 5.75. The number of rotatable bonds is 5. The molecule has 0 spiro atoms. The summed E-state index contributed by atoms with van der Waals surface area (Å²) in [5.74, 6) is 0.361. The maximum atomic E-state index is 9.53. The third-order valence-corrected chi connectivity index (χ3v) is 4.39. The highest BCUT2D eigenvalue weighted by atomic mass is 16.3. The summed E-state index contributed by atoms with van der Waals surface area (Å²) in [6, 6.07) is 16.9. The average Bonchev–Trinajstić information content (AvgIpc) is 3.01. The zero-order valence-electron chi connectivity index (χ0n) is 12.2. The molecule has 0 bridgehead atoms. The number of nitrogens with zero attached hydrogens (tertiary/aromatic N) is 1. The molecule has 0 unspecified atom stereocenters. The van der Waals surface area contributed by atoms with Crippen molar-refractivity contribution >= 4 is 0 Å². The van der Waals surface area contributed by atoms with Crippen molar-refractivity contribution < 1.29 is 5.11 Å². The van der Waals surface area contributed by atoms with Crippen molar-refractivity contribution in [3.8, 4) is 0 Å². The van der Waals surface area contributed by atoms with Crippen LogP contribution in [0.1, 0.15) is 36.6 Å². The van der Waals surface area contributed by atoms with Gasteiger partial charge in [-0.2, -0.15) is 0 Å². The van der Waals surface area contributed by atoms with E-state index in [1.807, 2.05) is 24.4 Å². The molecule has 1 saturated carbocycles. The number of nitrogens with one attached hydrogen (secondary N) is 1. The van der Waals surface area contributed by atoms with Gasteiger partial charge in [0.05, 0.1) is 11.7 Å². The normalized spacial score (nSPS) is 23.1. The molecule has 2 N–H and O–H groups in total. The summed E-state index contributed by atoms with van der Waals surface area (Å²) >= 11 is 0. The largest absolute Gasteiger partial charge is 0.396 e. The lowest BCUT2D eigenvalue weighted by Gasteiger charge is -2.26. The maximum absolute atomic E-state index is 9.53. The fourth-order valence-electron chi connectivity index (χ4n) is 3.23. The topological polar surface area (TPSA) is 45.1 Å². The van der Waals surface area contributed by atoms with Crippen LogP contribution in [0.25, 0.3) is 0 Å². The van der Waals surface area contributed by atoms with Gasteiger partial charge in [0.2, 0.25) is 0 Å². The first-order chi connectivity index (χ1) is 10.4. The highest BCUT2D eigenvalue weighted by Crippen LogP contribution is 2.29. The van der Waals surface area contributed by atoms with Crippen LogP contribution in [0.2, 0.25) is 0 Å². The average molecular weight is 282 g/mol. The molecule has 3 heteroatoms. The Labute approximate surface area is 126 Å². The summed E-state index contributed by atoms with van der Waals surface area (Å²) in [6.07, 6.45) is 5.26. The quantitative estimate of drug-likeness (QED) is 0.886. The van der Waals surface area contributed by atoms with Crippen molar-refractivity contribution in [1.29, 1.82) is 0 Å². The SMILES string of the molecule is OC[C@@H]1CCC[C@H]1N[C@@H](c1ccccc1)c1ccccn1. The minimum absolute atomic E-state index is 0.0875. The van der Waals surface area contributed by atoms with E-state index in [-0.39, 0.29) is 12.6 Å². The van der Waals surface area contributed by atoms with E-state index in [1.54, 1.807) is 0 Å². The Kier molecular flexibility index (Phi) is 4.63. The van der Waals surface area contributed by atoms with Gasteiger partial charge in [-0.15, -0.1) is 0 Å². The number of aliphatic hydroxyl groups is 1. The zero-order chi connectivity index (χ0) is 14.5. The monoisotopic (exact) mass is 282 g/mol. The third kappa shape index (κ3) is 3.31. The van der Waals surface area contributed by atoms with E-state index in [0.717, 1.165) is 18.5 Å². The standard InChI is InChI=1S/C18H22N2O/c21-13-15-9-6-11-16(15)20-18(14-7-2-1-3-8-14)17-10-4-5-12-19-17/h1-5,7-8,10,12,15-16,18,20-21H,6,9,11,13H2/t15-,16+,18-/m0/s1. The van der Waals surface area contributed by atoms with Gasteiger partial charge in [-0.3, -0.25) is 4.98 Å². The van der Waals surface area contributed by atoms with E-state index >= 15 is 0 Å². The molecule has 0 radical (unpaired) electrons. The second-order valence-electron chi connectivity index (χ2n) is 5.75. The van der Waals surface area contributed by atoms with Crippen molar-refractivity contribution in [3.63, 3.8) is 0 Å². The first-order valence-electron chi connectivity index (χ1n) is 7.71. The molecule has 2 aromatic rings. The number of pyridine rings is 1. The molecule has 0 amide bonds. The van der Waals surface area contributed by atoms with Crippen LogP contribution in [0.5, 0.6) is 0 Å². The Hall–Kier alpha value is -1.71. The van der Waals surface area contributed by atoms with Crippen molar-refractivity contribution in [2.75, 3.05) is 6.61 Å². The molecule has 1 heterocycles. The molecule has 1 aromatic heterocycles. The van der Waals surface area contributed by atoms with Crippen LogP contribution in [0.3, 0.4) is 0 Å². The van der Waals surface area contributed by atoms with E-state index in [0.29, 0.717) is 12.0 Å². The van der Waals surface area contributed by atoms with Crippen molar-refractivity contribution in [1.82, 2.24) is 10.3 Å². The minimum atomic E-state index is 0.0875. The van der Waals surface area contributed by atoms with Crippen LogP contribution in [0.15, 0.2) is 54.7 Å². The number of benzene rings is 1. The summed E-state index contributed by atoms with van der Waals surface area (Å²) in [5.41, 5.74) is 2.26. The van der Waals surface area contributed by atoms with Crippen LogP contribution in [-0.4, -0.2) is 22.7 Å². The minimum Gasteiger partial charge on any atom is -0.396 e. The Balaban J connectivity index is 1.86. The lowest BCUT2D eigenvalue weighted by molar-refractivity contribution is 0.201. The molecular weight excluding hydrogens is 260 g/mol. The number of hydrogen-bond donors (Lipinski definition) is 2. The van der Waals surface area contributed by atoms with E-state index in [4.69, 9.17) is 0 Å². The molecule has 3 nitrogen and oxygen atoms in total. The zero-order valence-corrected chi connectivity index (χ0v) is 12.2. The van der Waals surface area contributed by atoms with Gasteiger partial charge in [0.15, 0.2) is 0 Å². The molecule has 3 atom stereocenters. The molecular formula is C18H22N2O. The fraction of sp³-hybridized carbons (Fsp3) is 0.389. The molecule has 0 aliphatic heterocycles. The summed E-state index contributed by atoms with van der Waals surface area (Å²) < 4.78 is 0. The first kappa shape index (κ1) is 14.2. The highest BCUT2D eigenvalue weighted by Gasteiger charge is 2.29. The Morgan fingerprint density at radius 2 is 1.90 bits per heavy atom. The van der Waals surface area contributed by atoms with Gasteiger partial charge in [-0.1, -0.05) is 42.8 Å². The van der Waals surface area contributed by atoms with E-state index < -0.39 is 0 Å². The Morgan fingerprint density at radius 3 is 2.62 bits per heavy atom. The predicted octanol–water partition coefficient (Wildman–Crippen LogP) is 2.92. The predicted molar refractivity (Wildman–Crippen MR) is 83.9 cm³/mol. The molecule has 0 saturated heterocycles. The molecule has 3 rings (SSSR count). The lowest BCUT2D eigenvalue weighted by atomic mass is 9.98. The Morgan fingerprint density at radius 1 is 1.10 bits per heavy atom. The number of aromatic nitrogens is 1. The molecule has 1 fully saturated rings. The van der Waals surface area contributed by atoms with E-state index in [2.05, 4.69) is 40.6 Å². The summed E-state index contributed by atoms with van der Waals surface area (Å²) in [7, 11) is 0. The second kappa shape index (κ2) is 6.83. The first-order valence-corrected chi connectivity index (χ1v) is 7.71.